The molecule has 2 aliphatic rings. The average Bonchev–Trinajstić information content (AvgIpc) is 3.13. The maximum atomic E-state index is 13.0. The number of ether oxygens (including phenoxy) is 1. The number of halogens is 1. The summed E-state index contributed by atoms with van der Waals surface area (Å²) in [5.41, 5.74) is 2.24. The molecular weight excluding hydrogens is 466 g/mol. The van der Waals surface area contributed by atoms with Gasteiger partial charge in [0.25, 0.3) is 15.9 Å². The van der Waals surface area contributed by atoms with E-state index in [2.05, 4.69) is 5.48 Å². The fraction of sp³-hybridized carbons (Fsp3) is 0.667. The maximum Gasteiger partial charge on any atom is 0.263 e. The summed E-state index contributed by atoms with van der Waals surface area (Å²) in [6.07, 6.45) is 2.76. The zero-order valence-electron chi connectivity index (χ0n) is 15.6. The number of amides is 1. The molecule has 29 heavy (non-hydrogen) atoms. The van der Waals surface area contributed by atoms with Gasteiger partial charge < -0.3 is 4.74 Å². The van der Waals surface area contributed by atoms with Crippen molar-refractivity contribution in [3.05, 3.63) is 16.5 Å². The second kappa shape index (κ2) is 9.14. The molecule has 0 aliphatic carbocycles. The Hall–Kier alpha value is -0.800. The number of carbonyl (C=O) groups is 1. The summed E-state index contributed by atoms with van der Waals surface area (Å²) in [6.45, 7) is -0.0557. The second-order valence-electron chi connectivity index (χ2n) is 6.69. The molecule has 0 radical (unpaired) electrons. The lowest BCUT2D eigenvalue weighted by Crippen LogP contribution is -2.61. The number of carbonyl (C=O) groups excluding carboxylic acids is 1. The predicted octanol–water partition coefficient (Wildman–Crippen LogP) is 0.610. The Morgan fingerprint density at radius 3 is 2.62 bits per heavy atom. The third-order valence-electron chi connectivity index (χ3n) is 4.61. The average molecular weight is 488 g/mol. The van der Waals surface area contributed by atoms with Crippen molar-refractivity contribution in [3.63, 3.8) is 0 Å². The highest BCUT2D eigenvalue weighted by molar-refractivity contribution is 7.91. The summed E-state index contributed by atoms with van der Waals surface area (Å²) in [7, 11) is -7.66. The third kappa shape index (κ3) is 5.47. The van der Waals surface area contributed by atoms with Crippen LogP contribution in [0.4, 0.5) is 0 Å². The van der Waals surface area contributed by atoms with Crippen LogP contribution in [0.25, 0.3) is 0 Å². The van der Waals surface area contributed by atoms with Gasteiger partial charge >= 0.3 is 0 Å². The van der Waals surface area contributed by atoms with Crippen LogP contribution >= 0.6 is 22.9 Å². The number of nitrogens with one attached hydrogen (secondary N) is 1. The van der Waals surface area contributed by atoms with Crippen molar-refractivity contribution in [3.8, 4) is 0 Å². The summed E-state index contributed by atoms with van der Waals surface area (Å²) in [4.78, 5) is 18.0. The van der Waals surface area contributed by atoms with Gasteiger partial charge in [-0.05, 0) is 25.0 Å². The summed E-state index contributed by atoms with van der Waals surface area (Å²) >= 11 is 6.72. The van der Waals surface area contributed by atoms with Crippen LogP contribution in [0.2, 0.25) is 4.34 Å². The van der Waals surface area contributed by atoms with Crippen LogP contribution in [-0.4, -0.2) is 76.2 Å². The molecule has 0 saturated carbocycles. The molecule has 3 heterocycles. The lowest BCUT2D eigenvalue weighted by molar-refractivity contribution is -0.202. The minimum Gasteiger partial charge on any atom is -0.350 e. The number of hydrogen-bond donors (Lipinski definition) is 1. The Labute approximate surface area is 178 Å². The number of nitrogens with zero attached hydrogens (tertiary/aromatic N) is 2. The fourth-order valence-corrected chi connectivity index (χ4v) is 7.10. The molecular formula is C15H22ClN3O7S3. The largest absolute Gasteiger partial charge is 0.350 e. The van der Waals surface area contributed by atoms with Gasteiger partial charge in [-0.25, -0.2) is 27.2 Å². The molecule has 1 aromatic rings. The van der Waals surface area contributed by atoms with Gasteiger partial charge in [-0.15, -0.1) is 11.3 Å². The first-order valence-electron chi connectivity index (χ1n) is 8.88. The Morgan fingerprint density at radius 1 is 1.28 bits per heavy atom. The quantitative estimate of drug-likeness (QED) is 0.583. The van der Waals surface area contributed by atoms with Crippen LogP contribution in [0.5, 0.6) is 0 Å². The van der Waals surface area contributed by atoms with Crippen molar-refractivity contribution in [1.29, 1.82) is 0 Å². The topological polar surface area (TPSA) is 122 Å². The van der Waals surface area contributed by atoms with Crippen LogP contribution in [0.1, 0.15) is 19.3 Å². The molecule has 1 N–H and O–H groups in total. The van der Waals surface area contributed by atoms with Gasteiger partial charge in [-0.1, -0.05) is 11.6 Å². The standard InChI is InChI=1S/C15H22ClN3O7S3/c1-28(21,22)18-7-8-19(29(23,24)14-6-5-12(16)27-14)11(10-18)15(20)17-26-13-4-2-3-9-25-13/h5-6,11,13H,2-4,7-10H2,1H3,(H,17,20)/t11-,13?/m1/s1. The molecule has 2 fully saturated rings. The van der Waals surface area contributed by atoms with Gasteiger partial charge in [-0.2, -0.15) is 8.61 Å². The van der Waals surface area contributed by atoms with Gasteiger partial charge in [0.2, 0.25) is 10.0 Å². The molecule has 1 unspecified atom stereocenters. The van der Waals surface area contributed by atoms with Crippen LogP contribution in [-0.2, 0) is 34.4 Å². The normalized spacial score (nSPS) is 25.0. The van der Waals surface area contributed by atoms with Crippen molar-refractivity contribution < 1.29 is 31.2 Å². The third-order valence-corrected chi connectivity index (χ3v) is 9.48. The summed E-state index contributed by atoms with van der Waals surface area (Å²) in [6, 6.07) is 1.50. The predicted molar refractivity (Wildman–Crippen MR) is 106 cm³/mol. The summed E-state index contributed by atoms with van der Waals surface area (Å²) in [5.74, 6) is -0.765. The van der Waals surface area contributed by atoms with E-state index in [-0.39, 0.29) is 28.2 Å². The molecule has 2 saturated heterocycles. The van der Waals surface area contributed by atoms with Crippen molar-refractivity contribution in [1.82, 2.24) is 14.1 Å². The molecule has 1 amide bonds. The zero-order valence-corrected chi connectivity index (χ0v) is 18.8. The molecule has 164 valence electrons. The number of sulfonamides is 2. The fourth-order valence-electron chi connectivity index (χ4n) is 3.09. The lowest BCUT2D eigenvalue weighted by Gasteiger charge is -2.38. The highest BCUT2D eigenvalue weighted by Gasteiger charge is 2.43. The van der Waals surface area contributed by atoms with E-state index in [0.717, 1.165) is 39.0 Å². The Bertz CT molecular complexity index is 944. The Morgan fingerprint density at radius 2 is 2.03 bits per heavy atom. The van der Waals surface area contributed by atoms with Gasteiger partial charge in [0, 0.05) is 32.7 Å². The molecule has 0 bridgehead atoms. The summed E-state index contributed by atoms with van der Waals surface area (Å²) in [5, 5.41) is 0. The van der Waals surface area contributed by atoms with Gasteiger partial charge in [-0.3, -0.25) is 4.79 Å². The first kappa shape index (κ1) is 22.9. The molecule has 2 aliphatic heterocycles. The van der Waals surface area contributed by atoms with Gasteiger partial charge in [0.15, 0.2) is 6.29 Å². The number of rotatable bonds is 6. The van der Waals surface area contributed by atoms with Crippen molar-refractivity contribution >= 4 is 48.9 Å². The number of piperazine rings is 1. The molecule has 1 aromatic heterocycles. The van der Waals surface area contributed by atoms with Crippen LogP contribution < -0.4 is 5.48 Å². The van der Waals surface area contributed by atoms with E-state index < -0.39 is 38.3 Å². The molecule has 0 aromatic carbocycles. The van der Waals surface area contributed by atoms with E-state index in [1.54, 1.807) is 0 Å². The Kier molecular flexibility index (Phi) is 7.21. The second-order valence-corrected chi connectivity index (χ2v) is 12.5. The minimum atomic E-state index is -4.05. The van der Waals surface area contributed by atoms with E-state index in [1.165, 1.54) is 12.1 Å². The molecule has 14 heteroatoms. The SMILES string of the molecule is CS(=O)(=O)N1CCN(S(=O)(=O)c2ccc(Cl)s2)[C@@H](C(=O)NOC2CCCCO2)C1. The number of hydroxylamine groups is 1. The van der Waals surface area contributed by atoms with E-state index >= 15 is 0 Å². The van der Waals surface area contributed by atoms with Crippen molar-refractivity contribution in [2.75, 3.05) is 32.5 Å². The Balaban J connectivity index is 1.80. The first-order valence-corrected chi connectivity index (χ1v) is 13.4. The molecule has 10 nitrogen and oxygen atoms in total. The molecule has 0 spiro atoms. The van der Waals surface area contributed by atoms with E-state index in [0.29, 0.717) is 13.0 Å². The van der Waals surface area contributed by atoms with E-state index in [4.69, 9.17) is 21.2 Å². The van der Waals surface area contributed by atoms with Crippen LogP contribution in [0, 0.1) is 0 Å². The van der Waals surface area contributed by atoms with Crippen molar-refractivity contribution in [2.24, 2.45) is 0 Å². The van der Waals surface area contributed by atoms with Crippen molar-refractivity contribution in [2.45, 2.75) is 35.8 Å². The zero-order chi connectivity index (χ0) is 21.2. The minimum absolute atomic E-state index is 0.0235. The molecule has 2 atom stereocenters. The monoisotopic (exact) mass is 487 g/mol. The van der Waals surface area contributed by atoms with Crippen LogP contribution in [0.3, 0.4) is 0 Å². The molecule has 3 rings (SSSR count). The summed E-state index contributed by atoms with van der Waals surface area (Å²) < 4.78 is 57.7. The first-order chi connectivity index (χ1) is 13.6. The maximum absolute atomic E-state index is 13.0. The van der Waals surface area contributed by atoms with Crippen LogP contribution in [0.15, 0.2) is 16.3 Å². The van der Waals surface area contributed by atoms with E-state index in [9.17, 15) is 21.6 Å². The van der Waals surface area contributed by atoms with E-state index in [1.807, 2.05) is 0 Å². The smallest absolute Gasteiger partial charge is 0.263 e. The van der Waals surface area contributed by atoms with Gasteiger partial charge in [0.05, 0.1) is 10.6 Å². The van der Waals surface area contributed by atoms with Gasteiger partial charge in [0.1, 0.15) is 10.3 Å². The highest BCUT2D eigenvalue weighted by atomic mass is 35.5. The number of hydrogen-bond acceptors (Lipinski definition) is 8. The lowest BCUT2D eigenvalue weighted by atomic mass is 10.2. The number of thiophene rings is 1. The highest BCUT2D eigenvalue weighted by Crippen LogP contribution is 2.30.